The Morgan fingerprint density at radius 2 is 2.25 bits per heavy atom. The normalized spacial score (nSPS) is 24.4. The molecule has 0 unspecified atom stereocenters. The number of aliphatic hydroxyl groups is 1. The van der Waals surface area contributed by atoms with E-state index in [2.05, 4.69) is 10.4 Å². The number of hydrogen-bond donors (Lipinski definition) is 2. The van der Waals surface area contributed by atoms with Crippen LogP contribution in [0.3, 0.4) is 0 Å². The molecule has 0 aromatic carbocycles. The maximum absolute atomic E-state index is 12.1. The number of amides is 1. The molecule has 1 aromatic rings. The van der Waals surface area contributed by atoms with E-state index in [-0.39, 0.29) is 11.3 Å². The fraction of sp³-hybridized carbons (Fsp3) is 0.714. The molecule has 2 aliphatic carbocycles. The van der Waals surface area contributed by atoms with E-state index in [9.17, 15) is 9.90 Å². The molecule has 0 saturated heterocycles. The van der Waals surface area contributed by atoms with Crippen molar-refractivity contribution >= 4 is 5.91 Å². The monoisotopic (exact) mass is 277 g/mol. The van der Waals surface area contributed by atoms with Crippen LogP contribution in [0.1, 0.15) is 42.6 Å². The molecule has 3 aliphatic rings. The summed E-state index contributed by atoms with van der Waals surface area (Å²) in [6.07, 6.45) is 4.85. The molecule has 0 bridgehead atoms. The van der Waals surface area contributed by atoms with E-state index in [0.717, 1.165) is 32.1 Å². The van der Waals surface area contributed by atoms with Gasteiger partial charge in [-0.25, -0.2) is 4.68 Å². The lowest BCUT2D eigenvalue weighted by atomic mass is 9.69. The summed E-state index contributed by atoms with van der Waals surface area (Å²) in [5, 5.41) is 17.6. The maximum atomic E-state index is 12.1. The molecule has 1 amide bonds. The molecule has 20 heavy (non-hydrogen) atoms. The van der Waals surface area contributed by atoms with Gasteiger partial charge in [0, 0.05) is 18.0 Å². The van der Waals surface area contributed by atoms with Crippen LogP contribution in [0.15, 0.2) is 6.07 Å². The highest BCUT2D eigenvalue weighted by Gasteiger charge is 2.60. The zero-order valence-electron chi connectivity index (χ0n) is 11.4. The van der Waals surface area contributed by atoms with Crippen LogP contribution in [-0.2, 0) is 6.54 Å². The van der Waals surface area contributed by atoms with Crippen LogP contribution in [0, 0.1) is 5.41 Å². The molecule has 0 spiro atoms. The van der Waals surface area contributed by atoms with Gasteiger partial charge in [-0.3, -0.25) is 4.79 Å². The Hall–Kier alpha value is -1.56. The van der Waals surface area contributed by atoms with Crippen LogP contribution in [0.25, 0.3) is 0 Å². The predicted octanol–water partition coefficient (Wildman–Crippen LogP) is 0.700. The van der Waals surface area contributed by atoms with Crippen molar-refractivity contribution < 1.29 is 14.6 Å². The molecule has 2 saturated carbocycles. The molecule has 1 aliphatic heterocycles. The Balaban J connectivity index is 1.40. The Kier molecular flexibility index (Phi) is 2.42. The minimum Gasteiger partial charge on any atom is -0.476 e. The van der Waals surface area contributed by atoms with Crippen LogP contribution < -0.4 is 10.1 Å². The second-order valence-corrected chi connectivity index (χ2v) is 6.29. The average Bonchev–Trinajstić information content (AvgIpc) is 2.87. The zero-order chi connectivity index (χ0) is 13.8. The standard InChI is InChI=1S/C14H19N3O3/c18-12(10-8-11-17(16-10)6-7-20-11)15-9-13(4-5-13)14(19)2-1-3-14/h8,19H,1-7,9H2,(H,15,18). The lowest BCUT2D eigenvalue weighted by Crippen LogP contribution is -2.50. The third-order valence-electron chi connectivity index (χ3n) is 5.14. The molecule has 2 heterocycles. The Bertz CT molecular complexity index is 537. The van der Waals surface area contributed by atoms with Gasteiger partial charge in [0.2, 0.25) is 5.88 Å². The summed E-state index contributed by atoms with van der Waals surface area (Å²) in [5.74, 6) is 0.485. The molecule has 0 atom stereocenters. The molecule has 4 rings (SSSR count). The number of ether oxygens (including phenoxy) is 1. The van der Waals surface area contributed by atoms with Gasteiger partial charge in [-0.15, -0.1) is 0 Å². The predicted molar refractivity (Wildman–Crippen MR) is 70.5 cm³/mol. The summed E-state index contributed by atoms with van der Waals surface area (Å²) in [6.45, 7) is 1.87. The van der Waals surface area contributed by atoms with Crippen LogP contribution in [-0.4, -0.2) is 39.5 Å². The highest BCUT2D eigenvalue weighted by molar-refractivity contribution is 5.92. The van der Waals surface area contributed by atoms with Crippen molar-refractivity contribution in [2.45, 2.75) is 44.2 Å². The SMILES string of the molecule is O=C(NCC1(C2(O)CCC2)CC1)c1cc2n(n1)CCO2. The largest absolute Gasteiger partial charge is 0.476 e. The van der Waals surface area contributed by atoms with Crippen LogP contribution >= 0.6 is 0 Å². The molecule has 1 aromatic heterocycles. The number of hydrogen-bond acceptors (Lipinski definition) is 4. The van der Waals surface area contributed by atoms with Crippen molar-refractivity contribution in [3.63, 3.8) is 0 Å². The minimum atomic E-state index is -0.542. The Morgan fingerprint density at radius 3 is 2.85 bits per heavy atom. The first-order valence-electron chi connectivity index (χ1n) is 7.33. The molecule has 6 heteroatoms. The highest BCUT2D eigenvalue weighted by atomic mass is 16.5. The van der Waals surface area contributed by atoms with Gasteiger partial charge in [-0.1, -0.05) is 0 Å². The van der Waals surface area contributed by atoms with Gasteiger partial charge in [-0.05, 0) is 32.1 Å². The quantitative estimate of drug-likeness (QED) is 0.849. The number of nitrogens with zero attached hydrogens (tertiary/aromatic N) is 2. The topological polar surface area (TPSA) is 76.4 Å². The highest BCUT2D eigenvalue weighted by Crippen LogP contribution is 2.60. The van der Waals surface area contributed by atoms with Crippen molar-refractivity contribution in [2.24, 2.45) is 5.41 Å². The lowest BCUT2D eigenvalue weighted by molar-refractivity contribution is -0.0948. The summed E-state index contributed by atoms with van der Waals surface area (Å²) in [4.78, 5) is 12.1. The van der Waals surface area contributed by atoms with Crippen molar-refractivity contribution in [3.05, 3.63) is 11.8 Å². The Labute approximate surface area is 117 Å². The first-order chi connectivity index (χ1) is 9.62. The van der Waals surface area contributed by atoms with Gasteiger partial charge in [0.15, 0.2) is 5.69 Å². The van der Waals surface area contributed by atoms with Crippen LogP contribution in [0.4, 0.5) is 0 Å². The fourth-order valence-electron chi connectivity index (χ4n) is 3.36. The number of carbonyl (C=O) groups is 1. The van der Waals surface area contributed by atoms with Crippen molar-refractivity contribution in [2.75, 3.05) is 13.2 Å². The molecule has 2 N–H and O–H groups in total. The molecular weight excluding hydrogens is 258 g/mol. The average molecular weight is 277 g/mol. The van der Waals surface area contributed by atoms with Gasteiger partial charge >= 0.3 is 0 Å². The van der Waals surface area contributed by atoms with Crippen molar-refractivity contribution in [1.29, 1.82) is 0 Å². The van der Waals surface area contributed by atoms with E-state index in [1.807, 2.05) is 0 Å². The van der Waals surface area contributed by atoms with Gasteiger partial charge < -0.3 is 15.2 Å². The zero-order valence-corrected chi connectivity index (χ0v) is 11.4. The molecular formula is C14H19N3O3. The first kappa shape index (κ1) is 12.2. The first-order valence-corrected chi connectivity index (χ1v) is 7.33. The van der Waals surface area contributed by atoms with E-state index in [0.29, 0.717) is 31.3 Å². The third kappa shape index (κ3) is 1.67. The second-order valence-electron chi connectivity index (χ2n) is 6.29. The number of rotatable bonds is 4. The maximum Gasteiger partial charge on any atom is 0.271 e. The van der Waals surface area contributed by atoms with Gasteiger partial charge in [0.25, 0.3) is 5.91 Å². The summed E-state index contributed by atoms with van der Waals surface area (Å²) in [6, 6.07) is 1.68. The molecule has 108 valence electrons. The van der Waals surface area contributed by atoms with E-state index >= 15 is 0 Å². The van der Waals surface area contributed by atoms with Crippen LogP contribution in [0.5, 0.6) is 5.88 Å². The van der Waals surface area contributed by atoms with E-state index in [1.165, 1.54) is 0 Å². The summed E-state index contributed by atoms with van der Waals surface area (Å²) in [7, 11) is 0. The number of carbonyl (C=O) groups excluding carboxylic acids is 1. The minimum absolute atomic E-state index is 0.0835. The van der Waals surface area contributed by atoms with E-state index in [1.54, 1.807) is 10.7 Å². The van der Waals surface area contributed by atoms with Gasteiger partial charge in [0.1, 0.15) is 6.61 Å². The van der Waals surface area contributed by atoms with E-state index < -0.39 is 5.60 Å². The smallest absolute Gasteiger partial charge is 0.271 e. The number of aromatic nitrogens is 2. The van der Waals surface area contributed by atoms with E-state index in [4.69, 9.17) is 4.74 Å². The van der Waals surface area contributed by atoms with Gasteiger partial charge in [-0.2, -0.15) is 5.10 Å². The fourth-order valence-corrected chi connectivity index (χ4v) is 3.36. The molecule has 6 nitrogen and oxygen atoms in total. The Morgan fingerprint density at radius 1 is 1.45 bits per heavy atom. The molecule has 0 radical (unpaired) electrons. The third-order valence-corrected chi connectivity index (χ3v) is 5.14. The summed E-state index contributed by atoms with van der Waals surface area (Å²) in [5.41, 5.74) is -0.227. The lowest BCUT2D eigenvalue weighted by Gasteiger charge is -2.44. The van der Waals surface area contributed by atoms with Crippen molar-refractivity contribution in [1.82, 2.24) is 15.1 Å². The molecule has 2 fully saturated rings. The van der Waals surface area contributed by atoms with Crippen molar-refractivity contribution in [3.8, 4) is 5.88 Å². The number of nitrogens with one attached hydrogen (secondary N) is 1. The summed E-state index contributed by atoms with van der Waals surface area (Å²) >= 11 is 0. The second kappa shape index (κ2) is 3.97. The number of fused-ring (bicyclic) bond motifs is 1. The summed E-state index contributed by atoms with van der Waals surface area (Å²) < 4.78 is 7.06. The van der Waals surface area contributed by atoms with Crippen LogP contribution in [0.2, 0.25) is 0 Å². The van der Waals surface area contributed by atoms with Gasteiger partial charge in [0.05, 0.1) is 12.1 Å².